The molecule has 0 saturated carbocycles. The van der Waals surface area contributed by atoms with Gasteiger partial charge in [0.05, 0.1) is 19.8 Å². The highest BCUT2D eigenvalue weighted by Crippen LogP contribution is 2.32. The third-order valence-corrected chi connectivity index (χ3v) is 7.26. The minimum atomic E-state index is -0.801. The van der Waals surface area contributed by atoms with Gasteiger partial charge in [0.2, 0.25) is 5.91 Å². The van der Waals surface area contributed by atoms with Crippen LogP contribution in [0.3, 0.4) is 0 Å². The zero-order valence-electron chi connectivity index (χ0n) is 24.8. The van der Waals surface area contributed by atoms with Crippen LogP contribution in [0.15, 0.2) is 36.4 Å². The van der Waals surface area contributed by atoms with E-state index in [1.54, 1.807) is 20.3 Å². The quantitative estimate of drug-likeness (QED) is 0.240. The van der Waals surface area contributed by atoms with Gasteiger partial charge in [-0.3, -0.25) is 4.79 Å². The van der Waals surface area contributed by atoms with Crippen molar-refractivity contribution in [2.75, 3.05) is 32.8 Å². The average molecular weight is 544 g/mol. The van der Waals surface area contributed by atoms with E-state index >= 15 is 0 Å². The zero-order chi connectivity index (χ0) is 28.9. The zero-order valence-corrected chi connectivity index (χ0v) is 24.8. The lowest BCUT2D eigenvalue weighted by atomic mass is 9.81. The molecule has 8 heteroatoms. The van der Waals surface area contributed by atoms with Crippen LogP contribution >= 0.6 is 0 Å². The Balaban J connectivity index is 2.04. The third kappa shape index (κ3) is 10.8. The van der Waals surface area contributed by atoms with Gasteiger partial charge in [-0.15, -0.1) is 0 Å². The van der Waals surface area contributed by atoms with E-state index in [0.29, 0.717) is 49.3 Å². The second-order valence-electron chi connectivity index (χ2n) is 11.1. The molecular formula is C31H49N3O5. The minimum absolute atomic E-state index is 0.0409. The van der Waals surface area contributed by atoms with Gasteiger partial charge in [0.15, 0.2) is 11.5 Å². The van der Waals surface area contributed by atoms with Gasteiger partial charge in [-0.25, -0.2) is 4.98 Å². The average Bonchev–Trinajstić information content (AvgIpc) is 2.88. The molecule has 218 valence electrons. The molecule has 0 spiro atoms. The number of carbonyl (C=O) groups excluding carboxylic acids is 1. The van der Waals surface area contributed by atoms with Crippen LogP contribution in [0.25, 0.3) is 0 Å². The number of aliphatic hydroxyl groups excluding tert-OH is 1. The predicted molar refractivity (Wildman–Crippen MR) is 156 cm³/mol. The highest BCUT2D eigenvalue weighted by Gasteiger charge is 2.30. The largest absolute Gasteiger partial charge is 0.493 e. The first kappa shape index (κ1) is 32.5. The first-order valence-electron chi connectivity index (χ1n) is 14.0. The summed E-state index contributed by atoms with van der Waals surface area (Å²) in [4.78, 5) is 17.4. The van der Waals surface area contributed by atoms with Crippen LogP contribution < -0.4 is 20.5 Å². The van der Waals surface area contributed by atoms with Gasteiger partial charge in [-0.2, -0.15) is 0 Å². The molecule has 1 aromatic carbocycles. The van der Waals surface area contributed by atoms with Crippen LogP contribution in [0.2, 0.25) is 0 Å². The van der Waals surface area contributed by atoms with Crippen molar-refractivity contribution in [3.05, 3.63) is 47.7 Å². The number of amides is 1. The summed E-state index contributed by atoms with van der Waals surface area (Å²) in [6.45, 7) is 11.4. The Hall–Kier alpha value is -2.68. The van der Waals surface area contributed by atoms with Crippen molar-refractivity contribution >= 4 is 11.7 Å². The van der Waals surface area contributed by atoms with E-state index in [0.717, 1.165) is 24.1 Å². The number of benzene rings is 1. The van der Waals surface area contributed by atoms with Gasteiger partial charge >= 0.3 is 0 Å². The van der Waals surface area contributed by atoms with E-state index in [-0.39, 0.29) is 23.7 Å². The Morgan fingerprint density at radius 3 is 2.38 bits per heavy atom. The molecule has 1 aromatic heterocycles. The van der Waals surface area contributed by atoms with E-state index in [1.165, 1.54) is 0 Å². The second-order valence-corrected chi connectivity index (χ2v) is 11.1. The van der Waals surface area contributed by atoms with E-state index in [4.69, 9.17) is 19.9 Å². The fourth-order valence-corrected chi connectivity index (χ4v) is 4.70. The number of nitrogens with one attached hydrogen (secondary N) is 1. The monoisotopic (exact) mass is 543 g/mol. The normalized spacial score (nSPS) is 14.6. The molecule has 4 N–H and O–H groups in total. The molecule has 0 aliphatic rings. The van der Waals surface area contributed by atoms with E-state index < -0.39 is 12.1 Å². The van der Waals surface area contributed by atoms with Crippen LogP contribution in [-0.4, -0.2) is 55.6 Å². The summed E-state index contributed by atoms with van der Waals surface area (Å²) in [6, 6.07) is 11.1. The smallest absolute Gasteiger partial charge is 0.228 e. The van der Waals surface area contributed by atoms with Gasteiger partial charge in [0, 0.05) is 37.8 Å². The molecule has 0 aliphatic heterocycles. The molecule has 0 bridgehead atoms. The summed E-state index contributed by atoms with van der Waals surface area (Å²) < 4.78 is 16.5. The van der Waals surface area contributed by atoms with Crippen molar-refractivity contribution in [3.8, 4) is 11.5 Å². The molecule has 1 amide bonds. The Morgan fingerprint density at radius 2 is 1.77 bits per heavy atom. The summed E-state index contributed by atoms with van der Waals surface area (Å²) in [5.41, 5.74) is 8.51. The summed E-state index contributed by atoms with van der Waals surface area (Å²) in [5, 5.41) is 14.0. The number of ether oxygens (including phenoxy) is 3. The topological polar surface area (TPSA) is 116 Å². The summed E-state index contributed by atoms with van der Waals surface area (Å²) in [7, 11) is 3.31. The molecule has 4 atom stereocenters. The number of aryl methyl sites for hydroxylation is 1. The first-order chi connectivity index (χ1) is 18.5. The lowest BCUT2D eigenvalue weighted by Crippen LogP contribution is -2.41. The third-order valence-electron chi connectivity index (χ3n) is 7.26. The van der Waals surface area contributed by atoms with E-state index in [9.17, 15) is 9.90 Å². The molecule has 2 rings (SSSR count). The fourth-order valence-electron chi connectivity index (χ4n) is 4.70. The molecule has 0 radical (unpaired) electrons. The summed E-state index contributed by atoms with van der Waals surface area (Å²) in [6.07, 6.45) is 1.72. The van der Waals surface area contributed by atoms with Crippen molar-refractivity contribution in [1.82, 2.24) is 4.98 Å². The van der Waals surface area contributed by atoms with Gasteiger partial charge in [-0.05, 0) is 73.8 Å². The number of aromatic nitrogens is 1. The summed E-state index contributed by atoms with van der Waals surface area (Å²) in [5.74, 6) is 2.04. The summed E-state index contributed by atoms with van der Waals surface area (Å²) >= 11 is 0. The fraction of sp³-hybridized carbons (Fsp3) is 0.613. The lowest BCUT2D eigenvalue weighted by Gasteiger charge is -2.30. The number of nitrogens with zero attached hydrogens (tertiary/aromatic N) is 1. The van der Waals surface area contributed by atoms with Crippen molar-refractivity contribution < 1.29 is 24.1 Å². The first-order valence-corrected chi connectivity index (χ1v) is 14.0. The number of anilines is 1. The van der Waals surface area contributed by atoms with Gasteiger partial charge in [0.25, 0.3) is 0 Å². The molecule has 0 saturated heterocycles. The number of pyridine rings is 1. The highest BCUT2D eigenvalue weighted by molar-refractivity contribution is 5.91. The molecule has 1 heterocycles. The highest BCUT2D eigenvalue weighted by atomic mass is 16.5. The maximum Gasteiger partial charge on any atom is 0.228 e. The minimum Gasteiger partial charge on any atom is -0.493 e. The Bertz CT molecular complexity index is 1010. The maximum atomic E-state index is 13.1. The lowest BCUT2D eigenvalue weighted by molar-refractivity contribution is -0.122. The molecule has 0 aliphatic carbocycles. The Kier molecular flexibility index (Phi) is 13.7. The number of rotatable bonds is 17. The predicted octanol–water partition coefficient (Wildman–Crippen LogP) is 5.01. The Morgan fingerprint density at radius 1 is 1.03 bits per heavy atom. The molecule has 39 heavy (non-hydrogen) atoms. The number of carbonyl (C=O) groups is 1. The number of methoxy groups -OCH3 is 2. The second kappa shape index (κ2) is 16.4. The number of hydrogen-bond acceptors (Lipinski definition) is 7. The van der Waals surface area contributed by atoms with Crippen LogP contribution in [0.4, 0.5) is 5.82 Å². The number of hydrogen-bond donors (Lipinski definition) is 3. The van der Waals surface area contributed by atoms with Crippen LogP contribution in [-0.2, 0) is 16.0 Å². The van der Waals surface area contributed by atoms with Crippen molar-refractivity contribution in [1.29, 1.82) is 0 Å². The van der Waals surface area contributed by atoms with Gasteiger partial charge < -0.3 is 30.4 Å². The van der Waals surface area contributed by atoms with E-state index in [1.807, 2.05) is 45.0 Å². The van der Waals surface area contributed by atoms with Crippen LogP contribution in [0, 0.1) is 30.6 Å². The molecule has 0 unspecified atom stereocenters. The van der Waals surface area contributed by atoms with Gasteiger partial charge in [-0.1, -0.05) is 39.8 Å². The molecule has 2 aromatic rings. The van der Waals surface area contributed by atoms with Gasteiger partial charge in [0.1, 0.15) is 5.82 Å². The SMILES string of the molecule is COCCCOc1cc(C[C@@H](C[C@H](N)[C@@H](O)C[C@H](C(=O)Nc2cccc(C)n2)C(C)C)C(C)C)ccc1OC. The number of aliphatic hydroxyl groups is 1. The van der Waals surface area contributed by atoms with Crippen molar-refractivity contribution in [2.45, 2.75) is 72.4 Å². The number of nitrogens with two attached hydrogens (primary N) is 1. The van der Waals surface area contributed by atoms with Crippen molar-refractivity contribution in [3.63, 3.8) is 0 Å². The van der Waals surface area contributed by atoms with Crippen molar-refractivity contribution in [2.24, 2.45) is 29.4 Å². The molecule has 0 fully saturated rings. The molecular weight excluding hydrogens is 494 g/mol. The Labute approximate surface area is 234 Å². The molecule has 8 nitrogen and oxygen atoms in total. The maximum absolute atomic E-state index is 13.1. The standard InChI is InChI=1S/C31H49N3O5/c1-20(2)24(16-23-12-13-28(38-7)29(17-23)39-15-9-14-37-6)18-26(32)27(35)19-25(21(3)4)31(36)34-30-11-8-10-22(5)33-30/h8,10-13,17,20-21,24-27,35H,9,14-16,18-19,32H2,1-7H3,(H,33,34,36)/t24-,25-,26-,27-/m0/s1. The van der Waals surface area contributed by atoms with Crippen LogP contribution in [0.5, 0.6) is 11.5 Å². The van der Waals surface area contributed by atoms with E-state index in [2.05, 4.69) is 30.2 Å². The van der Waals surface area contributed by atoms with Crippen LogP contribution in [0.1, 0.15) is 58.2 Å².